The topological polar surface area (TPSA) is 166 Å². The average molecular weight is 680 g/mol. The molecular formula is C38H57N5O6. The fraction of sp³-hybridized carbons (Fsp3) is 0.553. The van der Waals surface area contributed by atoms with Crippen LogP contribution in [-0.4, -0.2) is 64.9 Å². The Kier molecular flexibility index (Phi) is 16.4. The predicted molar refractivity (Wildman–Crippen MR) is 191 cm³/mol. The maximum Gasteiger partial charge on any atom is 0.251 e. The fourth-order valence-electron chi connectivity index (χ4n) is 5.48. The van der Waals surface area contributed by atoms with E-state index >= 15 is 0 Å². The molecule has 0 saturated heterocycles. The molecule has 5 atom stereocenters. The van der Waals surface area contributed by atoms with Gasteiger partial charge in [-0.25, -0.2) is 0 Å². The summed E-state index contributed by atoms with van der Waals surface area (Å²) < 4.78 is 0. The third-order valence-electron chi connectivity index (χ3n) is 8.29. The molecule has 2 rings (SSSR count). The summed E-state index contributed by atoms with van der Waals surface area (Å²) in [4.78, 5) is 66.3. The first kappa shape index (κ1) is 40.9. The molecule has 11 heteroatoms. The zero-order chi connectivity index (χ0) is 36.7. The van der Waals surface area contributed by atoms with E-state index in [0.717, 1.165) is 23.1 Å². The van der Waals surface area contributed by atoms with Crippen molar-refractivity contribution in [2.24, 2.45) is 11.3 Å². The van der Waals surface area contributed by atoms with Crippen molar-refractivity contribution in [3.05, 3.63) is 71.3 Å². The summed E-state index contributed by atoms with van der Waals surface area (Å²) in [6.45, 7) is 14.7. The number of aliphatic hydroxyl groups is 1. The minimum atomic E-state index is -1.50. The van der Waals surface area contributed by atoms with Gasteiger partial charge in [0, 0.05) is 19.9 Å². The Labute approximate surface area is 291 Å². The van der Waals surface area contributed by atoms with E-state index in [1.807, 2.05) is 82.3 Å². The summed E-state index contributed by atoms with van der Waals surface area (Å²) in [6.07, 6.45) is 0.806. The first-order valence-corrected chi connectivity index (χ1v) is 17.3. The molecule has 0 radical (unpaired) electrons. The van der Waals surface area contributed by atoms with Gasteiger partial charge in [0.1, 0.15) is 18.1 Å². The monoisotopic (exact) mass is 679 g/mol. The van der Waals surface area contributed by atoms with Crippen LogP contribution in [0.2, 0.25) is 0 Å². The Balaban J connectivity index is 2.24. The lowest BCUT2D eigenvalue weighted by molar-refractivity contribution is -0.137. The predicted octanol–water partition coefficient (Wildman–Crippen LogP) is 3.46. The van der Waals surface area contributed by atoms with Gasteiger partial charge in [0.05, 0.1) is 6.04 Å². The summed E-state index contributed by atoms with van der Waals surface area (Å²) >= 11 is 0. The lowest BCUT2D eigenvalue weighted by Gasteiger charge is -2.34. The third-order valence-corrected chi connectivity index (χ3v) is 8.29. The largest absolute Gasteiger partial charge is 0.381 e. The number of amides is 5. The number of hydrogen-bond donors (Lipinski definition) is 6. The van der Waals surface area contributed by atoms with Crippen LogP contribution in [0.3, 0.4) is 0 Å². The lowest BCUT2D eigenvalue weighted by Crippen LogP contribution is -2.61. The standard InChI is InChI=1S/C38H57N5O6/c1-9-10-20-29(32(45)36(48)39-23-27-17-12-11-13-18-27)41-34(46)30(21-24(2)3)42-37(49)33(38(6,7)8)43-35(47)31(40-26(5)44)22-28-19-15-14-16-25(28)4/h11-19,24,29-33,45H,9-10,20-23H2,1-8H3,(H,39,48)(H,40,44)(H,41,46)(H,42,49)(H,43,47)/t29?,30-,31-,32-,33+/m0/s1. The van der Waals surface area contributed by atoms with E-state index in [-0.39, 0.29) is 31.2 Å². The van der Waals surface area contributed by atoms with Crippen LogP contribution in [0.4, 0.5) is 0 Å². The van der Waals surface area contributed by atoms with Gasteiger partial charge in [0.15, 0.2) is 6.10 Å². The Hall–Kier alpha value is -4.25. The molecule has 0 bridgehead atoms. The quantitative estimate of drug-likeness (QED) is 0.141. The van der Waals surface area contributed by atoms with Gasteiger partial charge in [0.25, 0.3) is 5.91 Å². The molecule has 0 aromatic heterocycles. The van der Waals surface area contributed by atoms with E-state index in [2.05, 4.69) is 26.6 Å². The molecule has 270 valence electrons. The summed E-state index contributed by atoms with van der Waals surface area (Å²) in [5.74, 6) is -2.61. The number of rotatable bonds is 18. The van der Waals surface area contributed by atoms with Crippen LogP contribution in [0, 0.1) is 18.3 Å². The highest BCUT2D eigenvalue weighted by Crippen LogP contribution is 2.21. The number of hydrogen-bond acceptors (Lipinski definition) is 6. The van der Waals surface area contributed by atoms with Crippen molar-refractivity contribution < 1.29 is 29.1 Å². The van der Waals surface area contributed by atoms with E-state index in [1.165, 1.54) is 6.92 Å². The fourth-order valence-corrected chi connectivity index (χ4v) is 5.48. The number of carbonyl (C=O) groups excluding carboxylic acids is 5. The molecule has 0 aliphatic carbocycles. The van der Waals surface area contributed by atoms with Crippen LogP contribution in [0.25, 0.3) is 0 Å². The highest BCUT2D eigenvalue weighted by molar-refractivity contribution is 5.95. The smallest absolute Gasteiger partial charge is 0.251 e. The number of unbranched alkanes of at least 4 members (excludes halogenated alkanes) is 1. The van der Waals surface area contributed by atoms with Crippen LogP contribution in [-0.2, 0) is 36.9 Å². The van der Waals surface area contributed by atoms with Crippen molar-refractivity contribution in [1.29, 1.82) is 0 Å². The van der Waals surface area contributed by atoms with Gasteiger partial charge in [-0.3, -0.25) is 24.0 Å². The van der Waals surface area contributed by atoms with Crippen LogP contribution in [0.1, 0.15) is 90.8 Å². The molecule has 0 aliphatic rings. The summed E-state index contributed by atoms with van der Waals surface area (Å²) in [7, 11) is 0. The number of aryl methyl sites for hydroxylation is 1. The normalized spacial score (nSPS) is 14.5. The molecule has 0 saturated carbocycles. The average Bonchev–Trinajstić information content (AvgIpc) is 3.03. The molecule has 0 heterocycles. The van der Waals surface area contributed by atoms with Crippen molar-refractivity contribution >= 4 is 29.5 Å². The molecule has 2 aromatic carbocycles. The maximum absolute atomic E-state index is 13.9. The van der Waals surface area contributed by atoms with Gasteiger partial charge in [-0.05, 0) is 47.8 Å². The van der Waals surface area contributed by atoms with Gasteiger partial charge in [-0.2, -0.15) is 0 Å². The first-order valence-electron chi connectivity index (χ1n) is 17.3. The lowest BCUT2D eigenvalue weighted by atomic mass is 9.85. The van der Waals surface area contributed by atoms with E-state index in [9.17, 15) is 29.1 Å². The van der Waals surface area contributed by atoms with Crippen molar-refractivity contribution in [2.75, 3.05) is 0 Å². The van der Waals surface area contributed by atoms with Gasteiger partial charge in [0.2, 0.25) is 23.6 Å². The first-order chi connectivity index (χ1) is 23.0. The maximum atomic E-state index is 13.9. The molecule has 5 amide bonds. The summed E-state index contributed by atoms with van der Waals surface area (Å²) in [6, 6.07) is 13.0. The molecular weight excluding hydrogens is 622 g/mol. The van der Waals surface area contributed by atoms with Crippen molar-refractivity contribution in [3.63, 3.8) is 0 Å². The number of carbonyl (C=O) groups is 5. The number of nitrogens with one attached hydrogen (secondary N) is 5. The molecule has 1 unspecified atom stereocenters. The second kappa shape index (κ2) is 19.7. The highest BCUT2D eigenvalue weighted by atomic mass is 16.3. The molecule has 0 fully saturated rings. The molecule has 2 aromatic rings. The minimum Gasteiger partial charge on any atom is -0.381 e. The van der Waals surface area contributed by atoms with Crippen molar-refractivity contribution in [2.45, 2.75) is 124 Å². The molecule has 0 aliphatic heterocycles. The van der Waals surface area contributed by atoms with E-state index in [0.29, 0.717) is 12.8 Å². The van der Waals surface area contributed by atoms with Gasteiger partial charge < -0.3 is 31.7 Å². The summed E-state index contributed by atoms with van der Waals surface area (Å²) in [5.41, 5.74) is 1.96. The minimum absolute atomic E-state index is 0.00479. The second-order valence-corrected chi connectivity index (χ2v) is 14.3. The van der Waals surface area contributed by atoms with E-state index in [1.54, 1.807) is 20.8 Å². The number of benzene rings is 2. The van der Waals surface area contributed by atoms with E-state index in [4.69, 9.17) is 0 Å². The Bertz CT molecular complexity index is 1390. The summed E-state index contributed by atoms with van der Waals surface area (Å²) in [5, 5.41) is 25.0. The van der Waals surface area contributed by atoms with Gasteiger partial charge in [-0.1, -0.05) is 109 Å². The second-order valence-electron chi connectivity index (χ2n) is 14.3. The molecule has 0 spiro atoms. The highest BCUT2D eigenvalue weighted by Gasteiger charge is 2.37. The van der Waals surface area contributed by atoms with Gasteiger partial charge >= 0.3 is 0 Å². The Morgan fingerprint density at radius 3 is 1.96 bits per heavy atom. The van der Waals surface area contributed by atoms with Crippen molar-refractivity contribution in [1.82, 2.24) is 26.6 Å². The van der Waals surface area contributed by atoms with Crippen molar-refractivity contribution in [3.8, 4) is 0 Å². The molecule has 11 nitrogen and oxygen atoms in total. The molecule has 6 N–H and O–H groups in total. The molecule has 49 heavy (non-hydrogen) atoms. The Morgan fingerprint density at radius 1 is 0.776 bits per heavy atom. The van der Waals surface area contributed by atoms with Crippen LogP contribution < -0.4 is 26.6 Å². The Morgan fingerprint density at radius 2 is 1.39 bits per heavy atom. The van der Waals surface area contributed by atoms with Crippen LogP contribution in [0.5, 0.6) is 0 Å². The third kappa shape index (κ3) is 14.0. The van der Waals surface area contributed by atoms with Crippen LogP contribution in [0.15, 0.2) is 54.6 Å². The zero-order valence-corrected chi connectivity index (χ0v) is 30.4. The van der Waals surface area contributed by atoms with Gasteiger partial charge in [-0.15, -0.1) is 0 Å². The van der Waals surface area contributed by atoms with Crippen LogP contribution >= 0.6 is 0 Å². The SMILES string of the molecule is CCCCC(NC(=O)[C@H](CC(C)C)NC(=O)[C@@H](NC(=O)[C@H](Cc1ccccc1C)NC(C)=O)C(C)(C)C)[C@H](O)C(=O)NCc1ccccc1. The number of aliphatic hydroxyl groups excluding tert-OH is 1. The van der Waals surface area contributed by atoms with E-state index < -0.39 is 59.3 Å². The zero-order valence-electron chi connectivity index (χ0n) is 30.4.